The number of anilines is 1. The number of para-hydroxylation sites is 2. The van der Waals surface area contributed by atoms with E-state index in [1.165, 1.54) is 12.1 Å². The highest BCUT2D eigenvalue weighted by molar-refractivity contribution is 5.96. The molecule has 0 N–H and O–H groups in total. The monoisotopic (exact) mass is 444 g/mol. The second-order valence-electron chi connectivity index (χ2n) is 7.60. The Labute approximate surface area is 183 Å². The second kappa shape index (κ2) is 9.06. The Morgan fingerprint density at radius 1 is 1.03 bits per heavy atom. The van der Waals surface area contributed by atoms with Crippen LogP contribution in [0.15, 0.2) is 54.6 Å². The number of benzene rings is 2. The van der Waals surface area contributed by atoms with Gasteiger partial charge in [-0.25, -0.2) is 4.98 Å². The normalized spacial score (nSPS) is 15.1. The summed E-state index contributed by atoms with van der Waals surface area (Å²) in [7, 11) is 0. The predicted molar refractivity (Wildman–Crippen MR) is 115 cm³/mol. The first-order valence-corrected chi connectivity index (χ1v) is 10.5. The molecular weight excluding hydrogens is 421 g/mol. The van der Waals surface area contributed by atoms with Crippen LogP contribution in [0, 0.1) is 5.92 Å². The molecule has 1 aliphatic rings. The van der Waals surface area contributed by atoms with Gasteiger partial charge < -0.3 is 14.4 Å². The first-order chi connectivity index (χ1) is 15.4. The number of rotatable bonds is 5. The minimum atomic E-state index is -4.79. The van der Waals surface area contributed by atoms with Crippen molar-refractivity contribution < 1.29 is 27.4 Å². The van der Waals surface area contributed by atoms with E-state index in [0.29, 0.717) is 49.2 Å². The number of nitrogens with zero attached hydrogens (tertiary/aromatic N) is 2. The molecule has 5 nitrogen and oxygen atoms in total. The molecule has 168 valence electrons. The summed E-state index contributed by atoms with van der Waals surface area (Å²) in [6.45, 7) is 3.46. The van der Waals surface area contributed by atoms with Gasteiger partial charge in [0.15, 0.2) is 0 Å². The van der Waals surface area contributed by atoms with Gasteiger partial charge in [-0.1, -0.05) is 36.4 Å². The summed E-state index contributed by atoms with van der Waals surface area (Å²) in [6.07, 6.45) is -3.45. The predicted octanol–water partition coefficient (Wildman–Crippen LogP) is 5.58. The van der Waals surface area contributed by atoms with Gasteiger partial charge in [0.1, 0.15) is 11.6 Å². The van der Waals surface area contributed by atoms with Gasteiger partial charge in [0, 0.05) is 29.6 Å². The van der Waals surface area contributed by atoms with E-state index in [1.807, 2.05) is 18.2 Å². The number of piperidine rings is 1. The highest BCUT2D eigenvalue weighted by Crippen LogP contribution is 2.37. The Morgan fingerprint density at radius 3 is 2.47 bits per heavy atom. The molecule has 0 atom stereocenters. The molecule has 0 unspecified atom stereocenters. The first kappa shape index (κ1) is 21.9. The summed E-state index contributed by atoms with van der Waals surface area (Å²) >= 11 is 0. The molecule has 0 radical (unpaired) electrons. The van der Waals surface area contributed by atoms with Gasteiger partial charge in [0.25, 0.3) is 0 Å². The summed E-state index contributed by atoms with van der Waals surface area (Å²) in [5.74, 6) is 0.173. The van der Waals surface area contributed by atoms with Gasteiger partial charge in [0.2, 0.25) is 0 Å². The fourth-order valence-corrected chi connectivity index (χ4v) is 4.04. The fraction of sp³-hybridized carbons (Fsp3) is 0.333. The Morgan fingerprint density at radius 2 is 1.75 bits per heavy atom. The van der Waals surface area contributed by atoms with Crippen LogP contribution in [0.25, 0.3) is 22.0 Å². The van der Waals surface area contributed by atoms with Gasteiger partial charge in [-0.3, -0.25) is 4.79 Å². The molecular formula is C24H23F3N2O3. The van der Waals surface area contributed by atoms with Crippen molar-refractivity contribution in [3.8, 4) is 16.9 Å². The van der Waals surface area contributed by atoms with Crippen molar-refractivity contribution in [2.24, 2.45) is 5.92 Å². The molecule has 1 aliphatic heterocycles. The van der Waals surface area contributed by atoms with Crippen LogP contribution < -0.4 is 9.64 Å². The van der Waals surface area contributed by atoms with Crippen molar-refractivity contribution in [2.45, 2.75) is 26.1 Å². The molecule has 2 aromatic carbocycles. The molecule has 1 fully saturated rings. The molecule has 1 aromatic heterocycles. The topological polar surface area (TPSA) is 51.7 Å². The van der Waals surface area contributed by atoms with E-state index in [-0.39, 0.29) is 17.6 Å². The van der Waals surface area contributed by atoms with Crippen LogP contribution in [0.5, 0.6) is 5.75 Å². The number of carbonyl (C=O) groups excluding carboxylic acids is 1. The molecule has 0 saturated carbocycles. The number of halogens is 3. The van der Waals surface area contributed by atoms with Crippen molar-refractivity contribution in [3.05, 3.63) is 54.6 Å². The van der Waals surface area contributed by atoms with Crippen molar-refractivity contribution in [1.82, 2.24) is 4.98 Å². The van der Waals surface area contributed by atoms with Crippen LogP contribution in [0.1, 0.15) is 19.8 Å². The maximum absolute atomic E-state index is 12.9. The van der Waals surface area contributed by atoms with E-state index in [4.69, 9.17) is 9.72 Å². The van der Waals surface area contributed by atoms with E-state index in [0.717, 1.165) is 11.2 Å². The lowest BCUT2D eigenvalue weighted by Gasteiger charge is -2.32. The second-order valence-corrected chi connectivity index (χ2v) is 7.60. The maximum atomic E-state index is 12.9. The third kappa shape index (κ3) is 4.79. The standard InChI is InChI=1S/C24H23F3N2O3/c1-2-31-23(30)17-12-14-29(15-13-17)21-11-10-16-6-5-8-19(22(16)28-21)18-7-3-4-9-20(18)32-24(25,26)27/h3-11,17H,2,12-15H2,1H3. The SMILES string of the molecule is CCOC(=O)C1CCN(c2ccc3cccc(-c4ccccc4OC(F)(F)F)c3n2)CC1. The van der Waals surface area contributed by atoms with Gasteiger partial charge in [-0.15, -0.1) is 13.2 Å². The van der Waals surface area contributed by atoms with Crippen molar-refractivity contribution in [1.29, 1.82) is 0 Å². The molecule has 3 aromatic rings. The smallest absolute Gasteiger partial charge is 0.466 e. The first-order valence-electron chi connectivity index (χ1n) is 10.5. The van der Waals surface area contributed by atoms with Gasteiger partial charge in [0.05, 0.1) is 18.0 Å². The summed E-state index contributed by atoms with van der Waals surface area (Å²) in [4.78, 5) is 18.9. The van der Waals surface area contributed by atoms with Crippen molar-refractivity contribution >= 4 is 22.7 Å². The summed E-state index contributed by atoms with van der Waals surface area (Å²) < 4.78 is 48.1. The Kier molecular flexibility index (Phi) is 6.21. The number of alkyl halides is 3. The molecule has 32 heavy (non-hydrogen) atoms. The van der Waals surface area contributed by atoms with Gasteiger partial charge in [-0.2, -0.15) is 0 Å². The number of aromatic nitrogens is 1. The van der Waals surface area contributed by atoms with Crippen LogP contribution in [0.3, 0.4) is 0 Å². The number of ether oxygens (including phenoxy) is 2. The number of carbonyl (C=O) groups is 1. The lowest BCUT2D eigenvalue weighted by atomic mass is 9.97. The van der Waals surface area contributed by atoms with Crippen LogP contribution in [-0.4, -0.2) is 37.0 Å². The lowest BCUT2D eigenvalue weighted by Crippen LogP contribution is -2.37. The maximum Gasteiger partial charge on any atom is 0.573 e. The molecule has 0 amide bonds. The quantitative estimate of drug-likeness (QED) is 0.481. The largest absolute Gasteiger partial charge is 0.573 e. The highest BCUT2D eigenvalue weighted by Gasteiger charge is 2.32. The third-order valence-corrected chi connectivity index (χ3v) is 5.55. The van der Waals surface area contributed by atoms with E-state index < -0.39 is 6.36 Å². The van der Waals surface area contributed by atoms with Crippen molar-refractivity contribution in [2.75, 3.05) is 24.6 Å². The molecule has 8 heteroatoms. The third-order valence-electron chi connectivity index (χ3n) is 5.55. The van der Waals surface area contributed by atoms with Crippen molar-refractivity contribution in [3.63, 3.8) is 0 Å². The van der Waals surface area contributed by atoms with Crippen LogP contribution in [0.4, 0.5) is 19.0 Å². The van der Waals surface area contributed by atoms with E-state index in [2.05, 4.69) is 9.64 Å². The average Bonchev–Trinajstić information content (AvgIpc) is 2.78. The zero-order valence-corrected chi connectivity index (χ0v) is 17.6. The minimum absolute atomic E-state index is 0.117. The van der Waals surface area contributed by atoms with E-state index >= 15 is 0 Å². The van der Waals surface area contributed by atoms with Crippen LogP contribution >= 0.6 is 0 Å². The zero-order valence-electron chi connectivity index (χ0n) is 17.6. The fourth-order valence-electron chi connectivity index (χ4n) is 4.04. The molecule has 4 rings (SSSR count). The van der Waals surface area contributed by atoms with Crippen LogP contribution in [-0.2, 0) is 9.53 Å². The lowest BCUT2D eigenvalue weighted by molar-refractivity contribution is -0.274. The minimum Gasteiger partial charge on any atom is -0.466 e. The highest BCUT2D eigenvalue weighted by atomic mass is 19.4. The molecule has 0 spiro atoms. The average molecular weight is 444 g/mol. The van der Waals surface area contributed by atoms with Crippen LogP contribution in [0.2, 0.25) is 0 Å². The number of pyridine rings is 1. The number of hydrogen-bond acceptors (Lipinski definition) is 5. The van der Waals surface area contributed by atoms with E-state index in [9.17, 15) is 18.0 Å². The number of hydrogen-bond donors (Lipinski definition) is 0. The number of esters is 1. The summed E-state index contributed by atoms with van der Waals surface area (Å²) in [5, 5.41) is 0.814. The zero-order chi connectivity index (χ0) is 22.7. The van der Waals surface area contributed by atoms with Gasteiger partial charge >= 0.3 is 12.3 Å². The Balaban J connectivity index is 1.65. The molecule has 2 heterocycles. The number of fused-ring (bicyclic) bond motifs is 1. The van der Waals surface area contributed by atoms with E-state index in [1.54, 1.807) is 31.2 Å². The Bertz CT molecular complexity index is 1110. The molecule has 0 aliphatic carbocycles. The summed E-state index contributed by atoms with van der Waals surface area (Å²) in [5.41, 5.74) is 1.47. The Hall–Kier alpha value is -3.29. The molecule has 1 saturated heterocycles. The van der Waals surface area contributed by atoms with Gasteiger partial charge in [-0.05, 0) is 38.0 Å². The molecule has 0 bridgehead atoms. The summed E-state index contributed by atoms with van der Waals surface area (Å²) in [6, 6.07) is 15.3.